The Labute approximate surface area is 168 Å². The molecule has 0 radical (unpaired) electrons. The number of likely N-dealkylation sites (tertiary alicyclic amines) is 1. The molecule has 1 saturated heterocycles. The van der Waals surface area contributed by atoms with Crippen LogP contribution in [0.2, 0.25) is 0 Å². The van der Waals surface area contributed by atoms with E-state index >= 15 is 0 Å². The SMILES string of the molecule is CC(C)CCNC(=O)CCN1C(=O)CC(SCCCCCCN(C)C)C1=O. The molecule has 0 spiro atoms. The highest BCUT2D eigenvalue weighted by molar-refractivity contribution is 8.00. The van der Waals surface area contributed by atoms with Gasteiger partial charge in [0.2, 0.25) is 17.7 Å². The lowest BCUT2D eigenvalue weighted by atomic mass is 10.1. The van der Waals surface area contributed by atoms with Crippen LogP contribution in [-0.4, -0.2) is 72.3 Å². The zero-order valence-electron chi connectivity index (χ0n) is 17.5. The first-order valence-corrected chi connectivity index (χ1v) is 11.2. The first-order chi connectivity index (χ1) is 12.8. The van der Waals surface area contributed by atoms with Crippen molar-refractivity contribution < 1.29 is 14.4 Å². The highest BCUT2D eigenvalue weighted by Gasteiger charge is 2.38. The van der Waals surface area contributed by atoms with E-state index in [0.717, 1.165) is 31.6 Å². The van der Waals surface area contributed by atoms with E-state index in [1.54, 1.807) is 11.8 Å². The molecule has 7 heteroatoms. The van der Waals surface area contributed by atoms with Crippen LogP contribution in [0.1, 0.15) is 58.8 Å². The predicted octanol–water partition coefficient (Wildman–Crippen LogP) is 2.52. The maximum Gasteiger partial charge on any atom is 0.242 e. The summed E-state index contributed by atoms with van der Waals surface area (Å²) in [5.41, 5.74) is 0. The van der Waals surface area contributed by atoms with Gasteiger partial charge in [0.05, 0.1) is 5.25 Å². The molecule has 0 aromatic carbocycles. The molecule has 1 aliphatic heterocycles. The lowest BCUT2D eigenvalue weighted by molar-refractivity contribution is -0.138. The number of unbranched alkanes of at least 4 members (excludes halogenated alkanes) is 3. The molecule has 0 bridgehead atoms. The minimum atomic E-state index is -0.261. The monoisotopic (exact) mass is 399 g/mol. The largest absolute Gasteiger partial charge is 0.356 e. The normalized spacial score (nSPS) is 17.4. The van der Waals surface area contributed by atoms with Crippen molar-refractivity contribution in [2.45, 2.75) is 64.0 Å². The second kappa shape index (κ2) is 13.2. The van der Waals surface area contributed by atoms with Gasteiger partial charge in [-0.15, -0.1) is 11.8 Å². The lowest BCUT2D eigenvalue weighted by Crippen LogP contribution is -2.35. The van der Waals surface area contributed by atoms with Gasteiger partial charge in [-0.3, -0.25) is 19.3 Å². The van der Waals surface area contributed by atoms with Crippen LogP contribution in [0.25, 0.3) is 0 Å². The number of imide groups is 1. The zero-order valence-corrected chi connectivity index (χ0v) is 18.3. The first-order valence-electron chi connectivity index (χ1n) is 10.2. The molecule has 3 amide bonds. The summed E-state index contributed by atoms with van der Waals surface area (Å²) in [6, 6.07) is 0. The van der Waals surface area contributed by atoms with Crippen LogP contribution < -0.4 is 5.32 Å². The molecule has 0 saturated carbocycles. The Kier molecular flexibility index (Phi) is 11.7. The van der Waals surface area contributed by atoms with Crippen molar-refractivity contribution in [2.24, 2.45) is 5.92 Å². The summed E-state index contributed by atoms with van der Waals surface area (Å²) in [6.07, 6.45) is 6.04. The molecule has 1 N–H and O–H groups in total. The third-order valence-electron chi connectivity index (χ3n) is 4.63. The fourth-order valence-electron chi connectivity index (χ4n) is 2.93. The number of nitrogens with one attached hydrogen (secondary N) is 1. The number of carbonyl (C=O) groups is 3. The molecule has 0 aromatic rings. The fraction of sp³-hybridized carbons (Fsp3) is 0.850. The molecule has 1 rings (SSSR count). The van der Waals surface area contributed by atoms with Gasteiger partial charge in [0.25, 0.3) is 0 Å². The van der Waals surface area contributed by atoms with Crippen molar-refractivity contribution in [3.8, 4) is 0 Å². The summed E-state index contributed by atoms with van der Waals surface area (Å²) in [4.78, 5) is 39.8. The van der Waals surface area contributed by atoms with E-state index in [-0.39, 0.29) is 42.4 Å². The fourth-order valence-corrected chi connectivity index (χ4v) is 4.11. The van der Waals surface area contributed by atoms with Crippen molar-refractivity contribution >= 4 is 29.5 Å². The molecule has 1 heterocycles. The second-order valence-electron chi connectivity index (χ2n) is 7.95. The van der Waals surface area contributed by atoms with Gasteiger partial charge in [-0.25, -0.2) is 0 Å². The predicted molar refractivity (Wildman–Crippen MR) is 112 cm³/mol. The molecule has 1 aliphatic rings. The van der Waals surface area contributed by atoms with Crippen molar-refractivity contribution in [1.82, 2.24) is 15.1 Å². The zero-order chi connectivity index (χ0) is 20.2. The number of carbonyl (C=O) groups excluding carboxylic acids is 3. The Bertz CT molecular complexity index is 483. The van der Waals surface area contributed by atoms with Crippen LogP contribution in [0.5, 0.6) is 0 Å². The Hall–Kier alpha value is -1.08. The average molecular weight is 400 g/mol. The Balaban J connectivity index is 2.19. The van der Waals surface area contributed by atoms with Gasteiger partial charge < -0.3 is 10.2 Å². The maximum atomic E-state index is 12.4. The minimum Gasteiger partial charge on any atom is -0.356 e. The molecular weight excluding hydrogens is 362 g/mol. The molecule has 0 aromatic heterocycles. The molecule has 156 valence electrons. The van der Waals surface area contributed by atoms with Gasteiger partial charge >= 0.3 is 0 Å². The third-order valence-corrected chi connectivity index (χ3v) is 5.92. The first kappa shape index (κ1) is 24.0. The van der Waals surface area contributed by atoms with Gasteiger partial charge in [-0.05, 0) is 51.6 Å². The van der Waals surface area contributed by atoms with Crippen molar-refractivity contribution in [1.29, 1.82) is 0 Å². The molecule has 1 fully saturated rings. The van der Waals surface area contributed by atoms with Crippen LogP contribution in [0.15, 0.2) is 0 Å². The molecule has 1 atom stereocenters. The number of thioether (sulfide) groups is 1. The van der Waals surface area contributed by atoms with E-state index in [0.29, 0.717) is 12.5 Å². The second-order valence-corrected chi connectivity index (χ2v) is 9.26. The summed E-state index contributed by atoms with van der Waals surface area (Å²) in [5, 5.41) is 2.59. The minimum absolute atomic E-state index is 0.0925. The number of nitrogens with zero attached hydrogens (tertiary/aromatic N) is 2. The lowest BCUT2D eigenvalue weighted by Gasteiger charge is -2.15. The molecule has 0 aliphatic carbocycles. The molecular formula is C20H37N3O3S. The molecule has 1 unspecified atom stereocenters. The van der Waals surface area contributed by atoms with Gasteiger partial charge in [0.15, 0.2) is 0 Å². The third kappa shape index (κ3) is 10.1. The maximum absolute atomic E-state index is 12.4. The van der Waals surface area contributed by atoms with E-state index in [4.69, 9.17) is 0 Å². The van der Waals surface area contributed by atoms with Gasteiger partial charge in [0, 0.05) is 25.9 Å². The van der Waals surface area contributed by atoms with E-state index in [1.807, 2.05) is 0 Å². The Morgan fingerprint density at radius 3 is 2.59 bits per heavy atom. The van der Waals surface area contributed by atoms with Crippen molar-refractivity contribution in [2.75, 3.05) is 39.5 Å². The topological polar surface area (TPSA) is 69.7 Å². The Morgan fingerprint density at radius 1 is 1.22 bits per heavy atom. The van der Waals surface area contributed by atoms with E-state index in [9.17, 15) is 14.4 Å². The highest BCUT2D eigenvalue weighted by atomic mass is 32.2. The van der Waals surface area contributed by atoms with Crippen LogP contribution >= 0.6 is 11.8 Å². The summed E-state index contributed by atoms with van der Waals surface area (Å²) in [6.45, 7) is 6.17. The Morgan fingerprint density at radius 2 is 1.93 bits per heavy atom. The van der Waals surface area contributed by atoms with E-state index in [1.165, 1.54) is 17.7 Å². The summed E-state index contributed by atoms with van der Waals surface area (Å²) in [5.74, 6) is 1.10. The highest BCUT2D eigenvalue weighted by Crippen LogP contribution is 2.26. The average Bonchev–Trinajstić information content (AvgIpc) is 2.85. The quantitative estimate of drug-likeness (QED) is 0.359. The van der Waals surface area contributed by atoms with Gasteiger partial charge in [-0.1, -0.05) is 26.7 Å². The summed E-state index contributed by atoms with van der Waals surface area (Å²) >= 11 is 1.59. The standard InChI is InChI=1S/C20H37N3O3S/c1-16(2)9-11-21-18(24)10-13-23-19(25)15-17(20(23)26)27-14-8-6-5-7-12-22(3)4/h16-17H,5-15H2,1-4H3,(H,21,24). The summed E-state index contributed by atoms with van der Waals surface area (Å²) < 4.78 is 0. The number of hydrogen-bond acceptors (Lipinski definition) is 5. The molecule has 6 nitrogen and oxygen atoms in total. The smallest absolute Gasteiger partial charge is 0.242 e. The van der Waals surface area contributed by atoms with Crippen LogP contribution in [0.3, 0.4) is 0 Å². The van der Waals surface area contributed by atoms with Gasteiger partial charge in [-0.2, -0.15) is 0 Å². The van der Waals surface area contributed by atoms with E-state index in [2.05, 4.69) is 38.2 Å². The number of hydrogen-bond donors (Lipinski definition) is 1. The van der Waals surface area contributed by atoms with Crippen LogP contribution in [0, 0.1) is 5.92 Å². The van der Waals surface area contributed by atoms with Crippen LogP contribution in [-0.2, 0) is 14.4 Å². The van der Waals surface area contributed by atoms with Crippen molar-refractivity contribution in [3.63, 3.8) is 0 Å². The van der Waals surface area contributed by atoms with E-state index < -0.39 is 0 Å². The molecule has 27 heavy (non-hydrogen) atoms. The number of rotatable bonds is 14. The van der Waals surface area contributed by atoms with Gasteiger partial charge in [0.1, 0.15) is 0 Å². The summed E-state index contributed by atoms with van der Waals surface area (Å²) in [7, 11) is 4.17. The number of amides is 3. The van der Waals surface area contributed by atoms with Crippen LogP contribution in [0.4, 0.5) is 0 Å². The van der Waals surface area contributed by atoms with Crippen molar-refractivity contribution in [3.05, 3.63) is 0 Å².